The van der Waals surface area contributed by atoms with Crippen molar-refractivity contribution < 1.29 is 18.7 Å². The Hall–Kier alpha value is -3.25. The quantitative estimate of drug-likeness (QED) is 0.631. The summed E-state index contributed by atoms with van der Waals surface area (Å²) in [5, 5.41) is 0.586. The third-order valence-corrected chi connectivity index (χ3v) is 4.42. The zero-order chi connectivity index (χ0) is 20.1. The average molecular weight is 399 g/mol. The summed E-state index contributed by atoms with van der Waals surface area (Å²) in [4.78, 5) is 24.7. The first-order valence-electron chi connectivity index (χ1n) is 8.58. The van der Waals surface area contributed by atoms with Crippen LogP contribution in [-0.4, -0.2) is 11.8 Å². The topological polar surface area (TPSA) is 80.6 Å². The van der Waals surface area contributed by atoms with Crippen molar-refractivity contribution in [2.24, 2.45) is 0 Å². The van der Waals surface area contributed by atoms with Crippen molar-refractivity contribution in [3.8, 4) is 5.75 Å². The van der Waals surface area contributed by atoms with E-state index in [0.29, 0.717) is 27.9 Å². The first-order valence-corrected chi connectivity index (χ1v) is 8.96. The fourth-order valence-electron chi connectivity index (χ4n) is 2.66. The lowest BCUT2D eigenvalue weighted by Gasteiger charge is -2.13. The molecule has 2 amide bonds. The molecule has 0 spiro atoms. The maximum absolute atomic E-state index is 12.5. The fourth-order valence-corrected chi connectivity index (χ4v) is 2.85. The summed E-state index contributed by atoms with van der Waals surface area (Å²) in [6.45, 7) is 3.64. The first-order chi connectivity index (χ1) is 13.5. The summed E-state index contributed by atoms with van der Waals surface area (Å²) >= 11 is 6.14. The van der Waals surface area contributed by atoms with E-state index in [-0.39, 0.29) is 12.2 Å². The van der Waals surface area contributed by atoms with Gasteiger partial charge in [0.1, 0.15) is 23.9 Å². The summed E-state index contributed by atoms with van der Waals surface area (Å²) in [5.41, 5.74) is 6.24. The number of carbonyl (C=O) groups excluding carboxylic acids is 2. The monoisotopic (exact) mass is 398 g/mol. The van der Waals surface area contributed by atoms with E-state index in [0.717, 1.165) is 5.56 Å². The molecule has 0 bridgehead atoms. The van der Waals surface area contributed by atoms with Crippen LogP contribution in [0.4, 0.5) is 0 Å². The van der Waals surface area contributed by atoms with Crippen LogP contribution >= 0.6 is 11.6 Å². The molecule has 0 saturated carbocycles. The Kier molecular flexibility index (Phi) is 6.01. The van der Waals surface area contributed by atoms with Gasteiger partial charge in [0, 0.05) is 10.6 Å². The van der Waals surface area contributed by atoms with Crippen LogP contribution in [-0.2, 0) is 6.61 Å². The SMILES string of the molecule is Cc1cc(C(=O)NNC(=O)c2ccccc2OCc2ccccc2Cl)c(C)o1. The van der Waals surface area contributed by atoms with Crippen LogP contribution in [0, 0.1) is 13.8 Å². The molecular weight excluding hydrogens is 380 g/mol. The van der Waals surface area contributed by atoms with E-state index in [9.17, 15) is 9.59 Å². The average Bonchev–Trinajstić information content (AvgIpc) is 3.03. The summed E-state index contributed by atoms with van der Waals surface area (Å²) in [6.07, 6.45) is 0. The van der Waals surface area contributed by atoms with Crippen molar-refractivity contribution >= 4 is 23.4 Å². The highest BCUT2D eigenvalue weighted by Gasteiger charge is 2.17. The number of nitrogens with one attached hydrogen (secondary N) is 2. The van der Waals surface area contributed by atoms with E-state index in [1.807, 2.05) is 18.2 Å². The Balaban J connectivity index is 1.66. The molecule has 28 heavy (non-hydrogen) atoms. The van der Waals surface area contributed by atoms with E-state index < -0.39 is 11.8 Å². The van der Waals surface area contributed by atoms with E-state index in [2.05, 4.69) is 10.9 Å². The van der Waals surface area contributed by atoms with Gasteiger partial charge in [-0.15, -0.1) is 0 Å². The van der Waals surface area contributed by atoms with Gasteiger partial charge in [-0.25, -0.2) is 0 Å². The zero-order valence-corrected chi connectivity index (χ0v) is 16.2. The molecule has 0 aliphatic heterocycles. The Morgan fingerprint density at radius 2 is 1.61 bits per heavy atom. The number of hydrogen-bond acceptors (Lipinski definition) is 4. The van der Waals surface area contributed by atoms with Crippen molar-refractivity contribution in [2.45, 2.75) is 20.5 Å². The molecule has 1 heterocycles. The number of benzene rings is 2. The van der Waals surface area contributed by atoms with Gasteiger partial charge in [-0.05, 0) is 38.1 Å². The van der Waals surface area contributed by atoms with Crippen molar-refractivity contribution in [3.05, 3.63) is 87.8 Å². The van der Waals surface area contributed by atoms with Gasteiger partial charge in [0.25, 0.3) is 11.8 Å². The number of para-hydroxylation sites is 1. The van der Waals surface area contributed by atoms with Crippen molar-refractivity contribution in [2.75, 3.05) is 0 Å². The van der Waals surface area contributed by atoms with Crippen molar-refractivity contribution in [3.63, 3.8) is 0 Å². The lowest BCUT2D eigenvalue weighted by molar-refractivity contribution is 0.0843. The molecule has 6 nitrogen and oxygen atoms in total. The Morgan fingerprint density at radius 1 is 0.964 bits per heavy atom. The highest BCUT2D eigenvalue weighted by Crippen LogP contribution is 2.22. The van der Waals surface area contributed by atoms with Gasteiger partial charge < -0.3 is 9.15 Å². The van der Waals surface area contributed by atoms with Gasteiger partial charge in [0.05, 0.1) is 11.1 Å². The standard InChI is InChI=1S/C21H19ClN2O4/c1-13-11-17(14(2)28-13)21(26)24-23-20(25)16-8-4-6-10-19(16)27-12-15-7-3-5-9-18(15)22/h3-11H,12H2,1-2H3,(H,23,25)(H,24,26). The van der Waals surface area contributed by atoms with E-state index in [1.54, 1.807) is 50.2 Å². The maximum atomic E-state index is 12.5. The normalized spacial score (nSPS) is 10.4. The number of hydrazine groups is 1. The number of hydrogen-bond donors (Lipinski definition) is 2. The van der Waals surface area contributed by atoms with E-state index in [4.69, 9.17) is 20.8 Å². The van der Waals surface area contributed by atoms with E-state index >= 15 is 0 Å². The van der Waals surface area contributed by atoms with Crippen LogP contribution in [0.1, 0.15) is 37.8 Å². The lowest BCUT2D eigenvalue weighted by Crippen LogP contribution is -2.41. The first kappa shape index (κ1) is 19.5. The largest absolute Gasteiger partial charge is 0.488 e. The second-order valence-corrected chi connectivity index (χ2v) is 6.52. The van der Waals surface area contributed by atoms with Crippen LogP contribution in [0.25, 0.3) is 0 Å². The molecule has 0 atom stereocenters. The summed E-state index contributed by atoms with van der Waals surface area (Å²) in [5.74, 6) is 0.516. The molecule has 0 unspecified atom stereocenters. The van der Waals surface area contributed by atoms with Gasteiger partial charge >= 0.3 is 0 Å². The third-order valence-electron chi connectivity index (χ3n) is 4.05. The molecule has 1 aromatic heterocycles. The van der Waals surface area contributed by atoms with Crippen LogP contribution in [0.2, 0.25) is 5.02 Å². The number of amides is 2. The Labute approximate surface area is 167 Å². The predicted octanol–water partition coefficient (Wildman–Crippen LogP) is 4.20. The molecule has 3 rings (SSSR count). The minimum Gasteiger partial charge on any atom is -0.488 e. The number of halogens is 1. The second-order valence-electron chi connectivity index (χ2n) is 6.11. The highest BCUT2D eigenvalue weighted by atomic mass is 35.5. The molecule has 144 valence electrons. The minimum absolute atomic E-state index is 0.212. The summed E-state index contributed by atoms with van der Waals surface area (Å²) < 4.78 is 11.1. The summed E-state index contributed by atoms with van der Waals surface area (Å²) in [6, 6.07) is 15.7. The third kappa shape index (κ3) is 4.53. The molecule has 3 aromatic rings. The van der Waals surface area contributed by atoms with Crippen molar-refractivity contribution in [1.29, 1.82) is 0 Å². The van der Waals surface area contributed by atoms with E-state index in [1.165, 1.54) is 0 Å². The smallest absolute Gasteiger partial charge is 0.273 e. The zero-order valence-electron chi connectivity index (χ0n) is 15.4. The minimum atomic E-state index is -0.499. The highest BCUT2D eigenvalue weighted by molar-refractivity contribution is 6.31. The number of aryl methyl sites for hydroxylation is 2. The van der Waals surface area contributed by atoms with Gasteiger partial charge in [-0.3, -0.25) is 20.4 Å². The molecule has 2 N–H and O–H groups in total. The maximum Gasteiger partial charge on any atom is 0.273 e. The van der Waals surface area contributed by atoms with Gasteiger partial charge in [0.2, 0.25) is 0 Å². The van der Waals surface area contributed by atoms with Crippen LogP contribution < -0.4 is 15.6 Å². The number of rotatable bonds is 5. The molecule has 2 aromatic carbocycles. The number of carbonyl (C=O) groups is 2. The van der Waals surface area contributed by atoms with Gasteiger partial charge in [-0.2, -0.15) is 0 Å². The van der Waals surface area contributed by atoms with Crippen LogP contribution in [0.3, 0.4) is 0 Å². The summed E-state index contributed by atoms with van der Waals surface area (Å²) in [7, 11) is 0. The molecule has 0 aliphatic rings. The van der Waals surface area contributed by atoms with Gasteiger partial charge in [-0.1, -0.05) is 41.9 Å². The van der Waals surface area contributed by atoms with Crippen LogP contribution in [0.15, 0.2) is 59.0 Å². The fraction of sp³-hybridized carbons (Fsp3) is 0.143. The molecule has 0 fully saturated rings. The van der Waals surface area contributed by atoms with Gasteiger partial charge in [0.15, 0.2) is 0 Å². The molecular formula is C21H19ClN2O4. The second kappa shape index (κ2) is 8.63. The molecule has 0 radical (unpaired) electrons. The molecule has 0 saturated heterocycles. The molecule has 7 heteroatoms. The predicted molar refractivity (Wildman–Crippen MR) is 105 cm³/mol. The lowest BCUT2D eigenvalue weighted by atomic mass is 10.2. The van der Waals surface area contributed by atoms with Crippen LogP contribution in [0.5, 0.6) is 5.75 Å². The van der Waals surface area contributed by atoms with Crippen molar-refractivity contribution in [1.82, 2.24) is 10.9 Å². The number of furan rings is 1. The Morgan fingerprint density at radius 3 is 2.29 bits per heavy atom. The molecule has 0 aliphatic carbocycles. The number of ether oxygens (including phenoxy) is 1. The Bertz CT molecular complexity index is 1010.